The molecule has 0 saturated heterocycles. The Labute approximate surface area is 56.4 Å². The highest BCUT2D eigenvalue weighted by molar-refractivity contribution is 4.99. The van der Waals surface area contributed by atoms with Crippen LogP contribution in [0.3, 0.4) is 0 Å². The van der Waals surface area contributed by atoms with Crippen LogP contribution in [0.1, 0.15) is 32.6 Å². The molecule has 0 aromatic rings. The van der Waals surface area contributed by atoms with Crippen molar-refractivity contribution in [1.82, 2.24) is 0 Å². The van der Waals surface area contributed by atoms with Crippen LogP contribution < -0.4 is 0 Å². The van der Waals surface area contributed by atoms with Gasteiger partial charge in [-0.15, -0.1) is 0 Å². The van der Waals surface area contributed by atoms with Crippen LogP contribution >= 0.6 is 0 Å². The maximum atomic E-state index is 9.23. The van der Waals surface area contributed by atoms with Gasteiger partial charge in [-0.2, -0.15) is 0 Å². The summed E-state index contributed by atoms with van der Waals surface area (Å²) in [4.78, 5) is 0. The van der Waals surface area contributed by atoms with Crippen molar-refractivity contribution in [2.75, 3.05) is 0 Å². The molecule has 1 nitrogen and oxygen atoms in total. The van der Waals surface area contributed by atoms with E-state index in [1.165, 1.54) is 12.8 Å². The molecular weight excluding hydrogens is 112 g/mol. The third kappa shape index (κ3) is 1.47. The van der Waals surface area contributed by atoms with E-state index in [1.54, 1.807) is 0 Å². The minimum absolute atomic E-state index is 0.471. The quantitative estimate of drug-likeness (QED) is 0.572. The van der Waals surface area contributed by atoms with E-state index < -0.39 is 0 Å². The van der Waals surface area contributed by atoms with E-state index in [-0.39, 0.29) is 0 Å². The predicted octanol–water partition coefficient (Wildman–Crippen LogP) is 2.64. The molecule has 0 amide bonds. The van der Waals surface area contributed by atoms with Gasteiger partial charge in [0.1, 0.15) is 0 Å². The summed E-state index contributed by atoms with van der Waals surface area (Å²) in [6.07, 6.45) is 6.55. The lowest BCUT2D eigenvalue weighted by molar-refractivity contribution is 0.294. The van der Waals surface area contributed by atoms with Gasteiger partial charge in [0, 0.05) is 5.92 Å². The van der Waals surface area contributed by atoms with Crippen LogP contribution in [0.5, 0.6) is 0 Å². The van der Waals surface area contributed by atoms with Crippen LogP contribution in [0.15, 0.2) is 11.8 Å². The summed E-state index contributed by atoms with van der Waals surface area (Å²) in [6, 6.07) is 0. The Balaban J connectivity index is 2.50. The highest BCUT2D eigenvalue weighted by Crippen LogP contribution is 2.24. The van der Waals surface area contributed by atoms with Crippen molar-refractivity contribution in [3.63, 3.8) is 0 Å². The smallest absolute Gasteiger partial charge is 0.0913 e. The third-order valence-electron chi connectivity index (χ3n) is 2.02. The first-order valence-corrected chi connectivity index (χ1v) is 3.73. The van der Waals surface area contributed by atoms with E-state index in [0.29, 0.717) is 11.7 Å². The molecule has 0 spiro atoms. The van der Waals surface area contributed by atoms with E-state index in [9.17, 15) is 5.11 Å². The highest BCUT2D eigenvalue weighted by atomic mass is 16.3. The largest absolute Gasteiger partial charge is 0.512 e. The van der Waals surface area contributed by atoms with Crippen LogP contribution in [0, 0.1) is 5.92 Å². The number of aliphatic hydroxyl groups excluding tert-OH is 1. The van der Waals surface area contributed by atoms with Crippen molar-refractivity contribution in [1.29, 1.82) is 0 Å². The first-order chi connectivity index (χ1) is 4.34. The maximum Gasteiger partial charge on any atom is 0.0913 e. The molecule has 0 radical (unpaired) electrons. The number of allylic oxidation sites excluding steroid dienone is 2. The summed E-state index contributed by atoms with van der Waals surface area (Å²) in [5, 5.41) is 9.23. The van der Waals surface area contributed by atoms with Gasteiger partial charge in [0.15, 0.2) is 0 Å². The van der Waals surface area contributed by atoms with Crippen molar-refractivity contribution in [2.24, 2.45) is 5.92 Å². The van der Waals surface area contributed by atoms with Gasteiger partial charge in [-0.25, -0.2) is 0 Å². The SMILES string of the molecule is CC[C@@H]1CCCC=C1O. The van der Waals surface area contributed by atoms with Gasteiger partial charge in [-0.05, 0) is 31.8 Å². The van der Waals surface area contributed by atoms with E-state index in [0.717, 1.165) is 12.8 Å². The maximum absolute atomic E-state index is 9.23. The van der Waals surface area contributed by atoms with Crippen LogP contribution in [-0.4, -0.2) is 5.11 Å². The fourth-order valence-electron chi connectivity index (χ4n) is 1.34. The van der Waals surface area contributed by atoms with E-state index in [1.807, 2.05) is 6.08 Å². The zero-order chi connectivity index (χ0) is 6.69. The third-order valence-corrected chi connectivity index (χ3v) is 2.02. The summed E-state index contributed by atoms with van der Waals surface area (Å²) in [7, 11) is 0. The molecule has 1 N–H and O–H groups in total. The molecule has 1 heteroatoms. The minimum Gasteiger partial charge on any atom is -0.512 e. The van der Waals surface area contributed by atoms with Crippen molar-refractivity contribution in [3.8, 4) is 0 Å². The highest BCUT2D eigenvalue weighted by Gasteiger charge is 2.13. The second-order valence-electron chi connectivity index (χ2n) is 2.67. The normalized spacial score (nSPS) is 27.7. The predicted molar refractivity (Wildman–Crippen MR) is 38.3 cm³/mol. The summed E-state index contributed by atoms with van der Waals surface area (Å²) >= 11 is 0. The molecule has 1 aliphatic rings. The molecule has 0 heterocycles. The molecule has 1 atom stereocenters. The summed E-state index contributed by atoms with van der Waals surface area (Å²) < 4.78 is 0. The number of hydrogen-bond donors (Lipinski definition) is 1. The Bertz CT molecular complexity index is 116. The Kier molecular flexibility index (Phi) is 2.15. The van der Waals surface area contributed by atoms with Gasteiger partial charge >= 0.3 is 0 Å². The molecule has 0 aliphatic heterocycles. The van der Waals surface area contributed by atoms with Crippen LogP contribution in [0.25, 0.3) is 0 Å². The van der Waals surface area contributed by atoms with Crippen LogP contribution in [0.4, 0.5) is 0 Å². The fraction of sp³-hybridized carbons (Fsp3) is 0.750. The van der Waals surface area contributed by atoms with Crippen molar-refractivity contribution >= 4 is 0 Å². The number of rotatable bonds is 1. The van der Waals surface area contributed by atoms with Crippen molar-refractivity contribution in [3.05, 3.63) is 11.8 Å². The van der Waals surface area contributed by atoms with Gasteiger partial charge in [0.05, 0.1) is 5.76 Å². The van der Waals surface area contributed by atoms with E-state index in [4.69, 9.17) is 0 Å². The average Bonchev–Trinajstić information content (AvgIpc) is 1.89. The molecule has 0 bridgehead atoms. The second-order valence-corrected chi connectivity index (χ2v) is 2.67. The van der Waals surface area contributed by atoms with Gasteiger partial charge < -0.3 is 5.11 Å². The van der Waals surface area contributed by atoms with Gasteiger partial charge in [-0.3, -0.25) is 0 Å². The second kappa shape index (κ2) is 2.90. The molecule has 9 heavy (non-hydrogen) atoms. The van der Waals surface area contributed by atoms with Gasteiger partial charge in [-0.1, -0.05) is 6.92 Å². The Morgan fingerprint density at radius 1 is 1.78 bits per heavy atom. The van der Waals surface area contributed by atoms with Crippen LogP contribution in [-0.2, 0) is 0 Å². The van der Waals surface area contributed by atoms with Crippen LogP contribution in [0.2, 0.25) is 0 Å². The zero-order valence-corrected chi connectivity index (χ0v) is 5.93. The lowest BCUT2D eigenvalue weighted by atomic mass is 9.92. The van der Waals surface area contributed by atoms with Crippen molar-refractivity contribution < 1.29 is 5.11 Å². The number of hydrogen-bond acceptors (Lipinski definition) is 1. The molecule has 1 aliphatic carbocycles. The summed E-state index contributed by atoms with van der Waals surface area (Å²) in [6.45, 7) is 2.13. The molecule has 1 rings (SSSR count). The topological polar surface area (TPSA) is 20.2 Å². The molecule has 0 unspecified atom stereocenters. The monoisotopic (exact) mass is 126 g/mol. The summed E-state index contributed by atoms with van der Waals surface area (Å²) in [5.41, 5.74) is 0. The minimum atomic E-state index is 0.471. The molecule has 0 fully saturated rings. The molecule has 0 aromatic carbocycles. The lowest BCUT2D eigenvalue weighted by Crippen LogP contribution is -2.06. The average molecular weight is 126 g/mol. The Morgan fingerprint density at radius 3 is 3.00 bits per heavy atom. The number of aliphatic hydroxyl groups is 1. The Hall–Kier alpha value is -0.460. The van der Waals surface area contributed by atoms with Crippen molar-refractivity contribution in [2.45, 2.75) is 32.6 Å². The first-order valence-electron chi connectivity index (χ1n) is 3.73. The zero-order valence-electron chi connectivity index (χ0n) is 5.93. The lowest BCUT2D eigenvalue weighted by Gasteiger charge is -2.17. The molecule has 0 aromatic heterocycles. The molecule has 0 saturated carbocycles. The molecular formula is C8H14O. The van der Waals surface area contributed by atoms with Gasteiger partial charge in [0.25, 0.3) is 0 Å². The first kappa shape index (κ1) is 6.66. The standard InChI is InChI=1S/C8H14O/c1-2-7-5-3-4-6-8(7)9/h6-7,9H,2-5H2,1H3/t7-/m1/s1. The fourth-order valence-corrected chi connectivity index (χ4v) is 1.34. The van der Waals surface area contributed by atoms with E-state index >= 15 is 0 Å². The molecule has 52 valence electrons. The van der Waals surface area contributed by atoms with E-state index in [2.05, 4.69) is 6.92 Å². The Morgan fingerprint density at radius 2 is 2.56 bits per heavy atom. The van der Waals surface area contributed by atoms with Gasteiger partial charge in [0.2, 0.25) is 0 Å². The summed E-state index contributed by atoms with van der Waals surface area (Å²) in [5.74, 6) is 1.10.